The Labute approximate surface area is 177 Å². The third-order valence-electron chi connectivity index (χ3n) is 6.54. The number of aryl methyl sites for hydroxylation is 1. The Hall–Kier alpha value is -3.76. The van der Waals surface area contributed by atoms with Gasteiger partial charge in [-0.1, -0.05) is 0 Å². The van der Waals surface area contributed by atoms with Crippen molar-refractivity contribution in [1.82, 2.24) is 44.5 Å². The molecule has 3 atom stereocenters. The number of hydrogen-bond donors (Lipinski definition) is 2. The lowest BCUT2D eigenvalue weighted by Crippen LogP contribution is -2.46. The van der Waals surface area contributed by atoms with E-state index in [2.05, 4.69) is 25.4 Å². The van der Waals surface area contributed by atoms with Crippen molar-refractivity contribution in [2.45, 2.75) is 43.7 Å². The second-order valence-corrected chi connectivity index (χ2v) is 8.41. The second-order valence-electron chi connectivity index (χ2n) is 8.41. The summed E-state index contributed by atoms with van der Waals surface area (Å²) in [5.74, 6) is 1.03. The predicted molar refractivity (Wildman–Crippen MR) is 111 cm³/mol. The zero-order valence-corrected chi connectivity index (χ0v) is 17.0. The van der Waals surface area contributed by atoms with Crippen LogP contribution in [0, 0.1) is 0 Å². The Morgan fingerprint density at radius 2 is 2.00 bits per heavy atom. The number of nitrogens with zero attached hydrogens (tertiary/aromatic N) is 8. The summed E-state index contributed by atoms with van der Waals surface area (Å²) in [6.45, 7) is 0. The summed E-state index contributed by atoms with van der Waals surface area (Å²) in [7, 11) is 1.88. The third-order valence-corrected chi connectivity index (χ3v) is 6.54. The molecular formula is C20H22N10O. The molecule has 0 aromatic carbocycles. The quantitative estimate of drug-likeness (QED) is 0.513. The molecule has 158 valence electrons. The number of aromatic amines is 1. The van der Waals surface area contributed by atoms with E-state index in [1.165, 1.54) is 6.33 Å². The lowest BCUT2D eigenvalue weighted by atomic mass is 9.87. The van der Waals surface area contributed by atoms with Gasteiger partial charge in [0.25, 0.3) is 5.91 Å². The minimum atomic E-state index is -0.0685. The normalized spacial score (nSPS) is 23.0. The fraction of sp³-hybridized carbons (Fsp3) is 0.400. The maximum Gasteiger partial charge on any atom is 0.292 e. The van der Waals surface area contributed by atoms with E-state index in [1.807, 2.05) is 24.2 Å². The van der Waals surface area contributed by atoms with Crippen molar-refractivity contribution in [3.05, 3.63) is 42.5 Å². The second kappa shape index (κ2) is 6.62. The molecule has 0 unspecified atom stereocenters. The number of carbonyl (C=O) groups excluding carboxylic acids is 1. The van der Waals surface area contributed by atoms with Crippen molar-refractivity contribution in [3.8, 4) is 11.1 Å². The minimum Gasteiger partial charge on any atom is -0.384 e. The van der Waals surface area contributed by atoms with Gasteiger partial charge in [0.15, 0.2) is 5.65 Å². The van der Waals surface area contributed by atoms with E-state index in [9.17, 15) is 4.79 Å². The van der Waals surface area contributed by atoms with Gasteiger partial charge in [0.05, 0.1) is 12.4 Å². The first kappa shape index (κ1) is 18.0. The van der Waals surface area contributed by atoms with Gasteiger partial charge in [-0.05, 0) is 25.7 Å². The van der Waals surface area contributed by atoms with Gasteiger partial charge < -0.3 is 15.6 Å². The fourth-order valence-electron chi connectivity index (χ4n) is 5.16. The summed E-state index contributed by atoms with van der Waals surface area (Å²) >= 11 is 0. The number of nitrogen functional groups attached to an aromatic ring is 1. The number of aromatic nitrogens is 8. The van der Waals surface area contributed by atoms with E-state index in [0.717, 1.165) is 48.2 Å². The van der Waals surface area contributed by atoms with Crippen molar-refractivity contribution < 1.29 is 4.79 Å². The summed E-state index contributed by atoms with van der Waals surface area (Å²) in [6.07, 6.45) is 10.7. The highest BCUT2D eigenvalue weighted by Crippen LogP contribution is 2.43. The molecular weight excluding hydrogens is 396 g/mol. The van der Waals surface area contributed by atoms with Gasteiger partial charge in [-0.3, -0.25) is 9.48 Å². The maximum atomic E-state index is 12.9. The molecule has 6 heterocycles. The van der Waals surface area contributed by atoms with Crippen LogP contribution < -0.4 is 5.73 Å². The van der Waals surface area contributed by atoms with Crippen LogP contribution in [0.15, 0.2) is 31.0 Å². The number of rotatable bonds is 3. The molecule has 31 heavy (non-hydrogen) atoms. The standard InChI is InChI=1S/C20H22N10O/c1-28-9-12(7-24-28)15-8-25-30-17(21)6-16(26-19(15)30)11-4-13-2-3-14(5-11)29(13)20(31)18-22-10-23-27-18/h6-11,13-14H,2-5,21H2,1H3,(H,22,23,27)/t11-,13+,14-. The first-order valence-electron chi connectivity index (χ1n) is 10.4. The Bertz CT molecular complexity index is 1260. The van der Waals surface area contributed by atoms with Crippen LogP contribution in [-0.4, -0.2) is 62.5 Å². The predicted octanol–water partition coefficient (Wildman–Crippen LogP) is 1.38. The summed E-state index contributed by atoms with van der Waals surface area (Å²) < 4.78 is 3.42. The van der Waals surface area contributed by atoms with Crippen molar-refractivity contribution in [2.75, 3.05) is 5.73 Å². The van der Waals surface area contributed by atoms with Gasteiger partial charge in [0, 0.05) is 54.1 Å². The Morgan fingerprint density at radius 3 is 2.68 bits per heavy atom. The fourth-order valence-corrected chi connectivity index (χ4v) is 5.16. The Kier molecular flexibility index (Phi) is 3.86. The summed E-state index contributed by atoms with van der Waals surface area (Å²) in [5.41, 5.74) is 9.89. The van der Waals surface area contributed by atoms with E-state index in [-0.39, 0.29) is 23.9 Å². The number of piperidine rings is 1. The zero-order valence-electron chi connectivity index (χ0n) is 17.0. The van der Waals surface area contributed by atoms with Crippen LogP contribution in [0.2, 0.25) is 0 Å². The van der Waals surface area contributed by atoms with Crippen LogP contribution in [0.1, 0.15) is 47.9 Å². The summed E-state index contributed by atoms with van der Waals surface area (Å²) in [5, 5.41) is 16.3. The number of nitrogens with two attached hydrogens (primary N) is 1. The van der Waals surface area contributed by atoms with E-state index in [4.69, 9.17) is 10.7 Å². The number of amides is 1. The van der Waals surface area contributed by atoms with E-state index < -0.39 is 0 Å². The van der Waals surface area contributed by atoms with Crippen molar-refractivity contribution in [3.63, 3.8) is 0 Å². The zero-order chi connectivity index (χ0) is 21.1. The molecule has 1 amide bonds. The number of fused-ring (bicyclic) bond motifs is 3. The molecule has 0 radical (unpaired) electrons. The van der Waals surface area contributed by atoms with Gasteiger partial charge in [0.2, 0.25) is 5.82 Å². The maximum absolute atomic E-state index is 12.9. The van der Waals surface area contributed by atoms with Gasteiger partial charge >= 0.3 is 0 Å². The molecule has 4 aromatic rings. The van der Waals surface area contributed by atoms with Gasteiger partial charge in [-0.2, -0.15) is 14.7 Å². The number of carbonyl (C=O) groups is 1. The van der Waals surface area contributed by atoms with Crippen molar-refractivity contribution in [1.29, 1.82) is 0 Å². The number of nitrogens with one attached hydrogen (secondary N) is 1. The molecule has 0 saturated carbocycles. The molecule has 11 heteroatoms. The lowest BCUT2D eigenvalue weighted by molar-refractivity contribution is 0.0557. The first-order chi connectivity index (χ1) is 15.1. The minimum absolute atomic E-state index is 0.0685. The van der Waals surface area contributed by atoms with Crippen molar-refractivity contribution in [2.24, 2.45) is 7.05 Å². The molecule has 0 spiro atoms. The van der Waals surface area contributed by atoms with Crippen molar-refractivity contribution >= 4 is 17.4 Å². The average Bonchev–Trinajstić information content (AvgIpc) is 3.54. The largest absolute Gasteiger partial charge is 0.384 e. The van der Waals surface area contributed by atoms with Crippen LogP contribution in [0.25, 0.3) is 16.8 Å². The van der Waals surface area contributed by atoms with Crippen LogP contribution >= 0.6 is 0 Å². The van der Waals surface area contributed by atoms with E-state index in [1.54, 1.807) is 21.6 Å². The number of hydrogen-bond acceptors (Lipinski definition) is 7. The van der Waals surface area contributed by atoms with Crippen LogP contribution in [-0.2, 0) is 7.05 Å². The smallest absolute Gasteiger partial charge is 0.292 e. The Balaban J connectivity index is 1.33. The highest BCUT2D eigenvalue weighted by atomic mass is 16.2. The molecule has 0 aliphatic carbocycles. The lowest BCUT2D eigenvalue weighted by Gasteiger charge is -2.38. The molecule has 3 N–H and O–H groups in total. The van der Waals surface area contributed by atoms with Crippen LogP contribution in [0.5, 0.6) is 0 Å². The SMILES string of the molecule is Cn1cc(-c2cnn3c(N)cc([C@H]4C[C@H]5CC[C@@H](C4)N5C(=O)c4nnc[nH]4)nc23)cn1. The molecule has 2 aliphatic rings. The van der Waals surface area contributed by atoms with Crippen LogP contribution in [0.4, 0.5) is 5.82 Å². The molecule has 2 aliphatic heterocycles. The third kappa shape index (κ3) is 2.80. The Morgan fingerprint density at radius 1 is 1.19 bits per heavy atom. The van der Waals surface area contributed by atoms with E-state index in [0.29, 0.717) is 11.6 Å². The monoisotopic (exact) mass is 418 g/mol. The highest BCUT2D eigenvalue weighted by molar-refractivity contribution is 5.91. The number of H-pyrrole nitrogens is 1. The molecule has 4 aromatic heterocycles. The molecule has 6 rings (SSSR count). The molecule has 11 nitrogen and oxygen atoms in total. The van der Waals surface area contributed by atoms with Gasteiger partial charge in [0.1, 0.15) is 12.1 Å². The summed E-state index contributed by atoms with van der Waals surface area (Å²) in [4.78, 5) is 22.7. The molecule has 2 saturated heterocycles. The highest BCUT2D eigenvalue weighted by Gasteiger charge is 2.45. The molecule has 2 bridgehead atoms. The van der Waals surface area contributed by atoms with Gasteiger partial charge in [-0.25, -0.2) is 4.98 Å². The van der Waals surface area contributed by atoms with Gasteiger partial charge in [-0.15, -0.1) is 10.2 Å². The average molecular weight is 418 g/mol. The molecule has 2 fully saturated rings. The van der Waals surface area contributed by atoms with Crippen LogP contribution in [0.3, 0.4) is 0 Å². The summed E-state index contributed by atoms with van der Waals surface area (Å²) in [6, 6.07) is 2.26. The first-order valence-corrected chi connectivity index (χ1v) is 10.4. The topological polar surface area (TPSA) is 136 Å². The van der Waals surface area contributed by atoms with E-state index >= 15 is 0 Å². The number of anilines is 1.